The van der Waals surface area contributed by atoms with E-state index in [9.17, 15) is 0 Å². The van der Waals surface area contributed by atoms with E-state index in [0.29, 0.717) is 0 Å². The summed E-state index contributed by atoms with van der Waals surface area (Å²) in [6.45, 7) is 0. The first-order valence-corrected chi connectivity index (χ1v) is 5.27. The molecule has 2 nitrogen and oxygen atoms in total. The van der Waals surface area contributed by atoms with Crippen LogP contribution in [0, 0.1) is 0 Å². The Morgan fingerprint density at radius 2 is 2.21 bits per heavy atom. The second-order valence-electron chi connectivity index (χ2n) is 4.18. The summed E-state index contributed by atoms with van der Waals surface area (Å²) in [7, 11) is 2.03. The Labute approximate surface area is 83.5 Å². The van der Waals surface area contributed by atoms with Crippen molar-refractivity contribution >= 4 is 10.9 Å². The van der Waals surface area contributed by atoms with Crippen molar-refractivity contribution in [2.45, 2.75) is 25.2 Å². The summed E-state index contributed by atoms with van der Waals surface area (Å²) in [4.78, 5) is 0. The van der Waals surface area contributed by atoms with Gasteiger partial charge in [-0.15, -0.1) is 0 Å². The van der Waals surface area contributed by atoms with Crippen LogP contribution in [-0.4, -0.2) is 9.78 Å². The molecule has 1 saturated carbocycles. The Morgan fingerprint density at radius 1 is 1.36 bits per heavy atom. The zero-order valence-electron chi connectivity index (χ0n) is 8.40. The molecule has 0 aliphatic heterocycles. The Hall–Kier alpha value is -1.31. The molecule has 0 saturated heterocycles. The van der Waals surface area contributed by atoms with Crippen LogP contribution in [0.25, 0.3) is 10.9 Å². The number of rotatable bonds is 1. The zero-order chi connectivity index (χ0) is 9.54. The Kier molecular flexibility index (Phi) is 1.63. The van der Waals surface area contributed by atoms with Gasteiger partial charge in [0.2, 0.25) is 0 Å². The number of aromatic nitrogens is 2. The molecule has 1 heterocycles. The van der Waals surface area contributed by atoms with Gasteiger partial charge in [0.1, 0.15) is 0 Å². The Bertz CT molecular complexity index is 466. The van der Waals surface area contributed by atoms with Crippen LogP contribution in [0.1, 0.15) is 30.7 Å². The number of hydrogen-bond acceptors (Lipinski definition) is 1. The highest BCUT2D eigenvalue weighted by Crippen LogP contribution is 2.39. The van der Waals surface area contributed by atoms with Gasteiger partial charge in [-0.3, -0.25) is 4.68 Å². The molecule has 0 atom stereocenters. The summed E-state index contributed by atoms with van der Waals surface area (Å²) in [6.07, 6.45) is 6.05. The minimum Gasteiger partial charge on any atom is -0.268 e. The average molecular weight is 186 g/mol. The van der Waals surface area contributed by atoms with Crippen LogP contribution in [-0.2, 0) is 7.05 Å². The molecule has 3 rings (SSSR count). The van der Waals surface area contributed by atoms with Gasteiger partial charge in [0.05, 0.1) is 11.7 Å². The van der Waals surface area contributed by atoms with Crippen LogP contribution in [0.3, 0.4) is 0 Å². The monoisotopic (exact) mass is 186 g/mol. The predicted octanol–water partition coefficient (Wildman–Crippen LogP) is 2.84. The molecule has 0 unspecified atom stereocenters. The van der Waals surface area contributed by atoms with Crippen molar-refractivity contribution in [1.82, 2.24) is 9.78 Å². The third-order valence-electron chi connectivity index (χ3n) is 3.34. The number of nitrogens with zero attached hydrogens (tertiary/aromatic N) is 2. The summed E-state index contributed by atoms with van der Waals surface area (Å²) in [5.74, 6) is 0.786. The minimum atomic E-state index is 0.786. The van der Waals surface area contributed by atoms with E-state index in [0.717, 1.165) is 5.92 Å². The van der Waals surface area contributed by atoms with Gasteiger partial charge in [0.15, 0.2) is 0 Å². The smallest absolute Gasteiger partial charge is 0.0713 e. The molecule has 0 bridgehead atoms. The van der Waals surface area contributed by atoms with Crippen LogP contribution in [0.5, 0.6) is 0 Å². The standard InChI is InChI=1S/C12H14N2/c1-14-12-10(8-13-14)6-3-7-11(12)9-4-2-5-9/h3,6-9H,2,4-5H2,1H3. The quantitative estimate of drug-likeness (QED) is 0.669. The lowest BCUT2D eigenvalue weighted by Gasteiger charge is -2.26. The van der Waals surface area contributed by atoms with Crippen molar-refractivity contribution in [1.29, 1.82) is 0 Å². The molecule has 0 amide bonds. The molecule has 1 aliphatic carbocycles. The number of para-hydroxylation sites is 1. The zero-order valence-corrected chi connectivity index (χ0v) is 8.40. The van der Waals surface area contributed by atoms with Crippen molar-refractivity contribution in [3.63, 3.8) is 0 Å². The lowest BCUT2D eigenvalue weighted by Crippen LogP contribution is -2.10. The molecule has 0 N–H and O–H groups in total. The molecule has 72 valence electrons. The Balaban J connectivity index is 2.25. The molecule has 0 radical (unpaired) electrons. The fourth-order valence-electron chi connectivity index (χ4n) is 2.31. The molecule has 1 fully saturated rings. The second-order valence-corrected chi connectivity index (χ2v) is 4.18. The van der Waals surface area contributed by atoms with Crippen LogP contribution in [0.15, 0.2) is 24.4 Å². The van der Waals surface area contributed by atoms with E-state index < -0.39 is 0 Å². The predicted molar refractivity (Wildman–Crippen MR) is 57.3 cm³/mol. The van der Waals surface area contributed by atoms with E-state index in [4.69, 9.17) is 0 Å². The van der Waals surface area contributed by atoms with Gasteiger partial charge in [-0.2, -0.15) is 5.10 Å². The first-order valence-electron chi connectivity index (χ1n) is 5.27. The van der Waals surface area contributed by atoms with Gasteiger partial charge < -0.3 is 0 Å². The van der Waals surface area contributed by atoms with E-state index in [-0.39, 0.29) is 0 Å². The molecule has 0 spiro atoms. The number of aryl methyl sites for hydroxylation is 1. The van der Waals surface area contributed by atoms with Gasteiger partial charge >= 0.3 is 0 Å². The molecule has 1 aliphatic rings. The van der Waals surface area contributed by atoms with Gasteiger partial charge in [-0.05, 0) is 24.3 Å². The average Bonchev–Trinajstić information content (AvgIpc) is 2.46. The molecule has 2 aromatic rings. The first-order chi connectivity index (χ1) is 6.86. The SMILES string of the molecule is Cn1ncc2cccc(C3CCC3)c21. The van der Waals surface area contributed by atoms with E-state index in [1.54, 1.807) is 0 Å². The molecular weight excluding hydrogens is 172 g/mol. The van der Waals surface area contributed by atoms with Gasteiger partial charge in [-0.1, -0.05) is 24.6 Å². The number of hydrogen-bond donors (Lipinski definition) is 0. The van der Waals surface area contributed by atoms with Crippen molar-refractivity contribution in [3.05, 3.63) is 30.0 Å². The molecule has 2 heteroatoms. The van der Waals surface area contributed by atoms with Crippen molar-refractivity contribution < 1.29 is 0 Å². The van der Waals surface area contributed by atoms with Gasteiger partial charge in [-0.25, -0.2) is 0 Å². The maximum atomic E-state index is 4.31. The molecule has 1 aromatic carbocycles. The molecular formula is C12H14N2. The summed E-state index contributed by atoms with van der Waals surface area (Å²) in [5, 5.41) is 5.59. The van der Waals surface area contributed by atoms with E-state index in [1.807, 2.05) is 17.9 Å². The Morgan fingerprint density at radius 3 is 2.93 bits per heavy atom. The maximum Gasteiger partial charge on any atom is 0.0713 e. The number of fused-ring (bicyclic) bond motifs is 1. The van der Waals surface area contributed by atoms with Crippen molar-refractivity contribution in [3.8, 4) is 0 Å². The third kappa shape index (κ3) is 0.999. The van der Waals surface area contributed by atoms with Crippen molar-refractivity contribution in [2.24, 2.45) is 7.05 Å². The van der Waals surface area contributed by atoms with E-state index in [1.165, 1.54) is 35.7 Å². The lowest BCUT2D eigenvalue weighted by molar-refractivity contribution is 0.421. The largest absolute Gasteiger partial charge is 0.268 e. The minimum absolute atomic E-state index is 0.786. The highest BCUT2D eigenvalue weighted by Gasteiger charge is 2.22. The van der Waals surface area contributed by atoms with Crippen molar-refractivity contribution in [2.75, 3.05) is 0 Å². The topological polar surface area (TPSA) is 17.8 Å². The van der Waals surface area contributed by atoms with E-state index in [2.05, 4.69) is 23.3 Å². The second kappa shape index (κ2) is 2.84. The fourth-order valence-corrected chi connectivity index (χ4v) is 2.31. The van der Waals surface area contributed by atoms with Crippen LogP contribution < -0.4 is 0 Å². The van der Waals surface area contributed by atoms with Crippen LogP contribution >= 0.6 is 0 Å². The van der Waals surface area contributed by atoms with Crippen LogP contribution in [0.2, 0.25) is 0 Å². The van der Waals surface area contributed by atoms with E-state index >= 15 is 0 Å². The summed E-state index contributed by atoms with van der Waals surface area (Å²) in [6, 6.07) is 6.55. The van der Waals surface area contributed by atoms with Crippen LogP contribution in [0.4, 0.5) is 0 Å². The highest BCUT2D eigenvalue weighted by molar-refractivity contribution is 5.82. The normalized spacial score (nSPS) is 17.2. The van der Waals surface area contributed by atoms with Gasteiger partial charge in [0, 0.05) is 12.4 Å². The summed E-state index contributed by atoms with van der Waals surface area (Å²) in [5.41, 5.74) is 2.82. The first kappa shape index (κ1) is 8.04. The summed E-state index contributed by atoms with van der Waals surface area (Å²) >= 11 is 0. The van der Waals surface area contributed by atoms with Gasteiger partial charge in [0.25, 0.3) is 0 Å². The summed E-state index contributed by atoms with van der Waals surface area (Å²) < 4.78 is 2.00. The molecule has 14 heavy (non-hydrogen) atoms. The molecule has 1 aromatic heterocycles. The highest BCUT2D eigenvalue weighted by atomic mass is 15.2. The lowest BCUT2D eigenvalue weighted by atomic mass is 9.79. The fraction of sp³-hybridized carbons (Fsp3) is 0.417. The maximum absolute atomic E-state index is 4.31. The number of benzene rings is 1. The third-order valence-corrected chi connectivity index (χ3v) is 3.34.